The molecule has 3 aliphatic carbocycles. The van der Waals surface area contributed by atoms with Crippen molar-refractivity contribution in [2.75, 3.05) is 0 Å². The number of hydrogen-bond donors (Lipinski definition) is 3. The van der Waals surface area contributed by atoms with Crippen molar-refractivity contribution in [1.29, 1.82) is 0 Å². The first-order valence-corrected chi connectivity index (χ1v) is 11.8. The van der Waals surface area contributed by atoms with Gasteiger partial charge in [0, 0.05) is 6.42 Å². The summed E-state index contributed by atoms with van der Waals surface area (Å²) in [5, 5.41) is 29.8. The number of fused-ring (bicyclic) bond motifs is 1. The molecule has 0 spiro atoms. The molecule has 0 aromatic heterocycles. The third-order valence-electron chi connectivity index (χ3n) is 7.89. The number of hydrogen-bond acceptors (Lipinski definition) is 3. The summed E-state index contributed by atoms with van der Waals surface area (Å²) < 4.78 is 0. The molecule has 0 heterocycles. The zero-order valence-electron chi connectivity index (χ0n) is 18.9. The van der Waals surface area contributed by atoms with E-state index in [4.69, 9.17) is 0 Å². The van der Waals surface area contributed by atoms with Gasteiger partial charge in [-0.2, -0.15) is 0 Å². The van der Waals surface area contributed by atoms with E-state index >= 15 is 0 Å². The SMILES string of the molecule is C[C@H](CCCC(C)(C)O)[C@H]1CC[C@H]2C(/C=C\C3=CC(O)CC(O)C3)=CCC[C@]12C. The summed E-state index contributed by atoms with van der Waals surface area (Å²) in [6.45, 7) is 8.76. The fraction of sp³-hybridized carbons (Fsp3) is 0.769. The van der Waals surface area contributed by atoms with Crippen molar-refractivity contribution in [3.63, 3.8) is 0 Å². The van der Waals surface area contributed by atoms with Crippen LogP contribution in [0.2, 0.25) is 0 Å². The maximum absolute atomic E-state index is 10.0. The van der Waals surface area contributed by atoms with Gasteiger partial charge >= 0.3 is 0 Å². The van der Waals surface area contributed by atoms with Gasteiger partial charge in [-0.25, -0.2) is 0 Å². The maximum atomic E-state index is 10.0. The lowest BCUT2D eigenvalue weighted by Crippen LogP contribution is -2.35. The molecule has 0 bridgehead atoms. The molecule has 0 saturated heterocycles. The van der Waals surface area contributed by atoms with Gasteiger partial charge in [0.25, 0.3) is 0 Å². The highest BCUT2D eigenvalue weighted by atomic mass is 16.3. The Morgan fingerprint density at radius 1 is 1.24 bits per heavy atom. The van der Waals surface area contributed by atoms with Crippen LogP contribution in [-0.2, 0) is 0 Å². The lowest BCUT2D eigenvalue weighted by molar-refractivity contribution is 0.0613. The van der Waals surface area contributed by atoms with Crippen LogP contribution in [0.1, 0.15) is 85.5 Å². The van der Waals surface area contributed by atoms with Crippen molar-refractivity contribution < 1.29 is 15.3 Å². The molecule has 29 heavy (non-hydrogen) atoms. The molecule has 1 fully saturated rings. The Morgan fingerprint density at radius 3 is 2.69 bits per heavy atom. The molecule has 0 radical (unpaired) electrons. The van der Waals surface area contributed by atoms with E-state index in [1.165, 1.54) is 31.3 Å². The molecular weight excluding hydrogens is 360 g/mol. The standard InChI is InChI=1S/C26H42O3/c1-18(7-5-13-25(2,3)29)23-11-12-24-20(8-6-14-26(23,24)4)10-9-19-15-21(27)17-22(28)16-19/h8-10,15,18,21-24,27-29H,5-7,11-14,16-17H2,1-4H3/b10-9-/t18-,21?,22?,23-,24+,26-/m1/s1. The predicted octanol–water partition coefficient (Wildman–Crippen LogP) is 5.31. The van der Waals surface area contributed by atoms with Gasteiger partial charge in [0.2, 0.25) is 0 Å². The highest BCUT2D eigenvalue weighted by Gasteiger charge is 2.49. The van der Waals surface area contributed by atoms with Gasteiger partial charge in [0.1, 0.15) is 0 Å². The van der Waals surface area contributed by atoms with Gasteiger partial charge in [-0.15, -0.1) is 0 Å². The van der Waals surface area contributed by atoms with Crippen molar-refractivity contribution in [1.82, 2.24) is 0 Å². The number of aliphatic hydroxyl groups excluding tert-OH is 2. The Labute approximate surface area is 177 Å². The molecule has 3 heteroatoms. The summed E-state index contributed by atoms with van der Waals surface area (Å²) in [6.07, 6.45) is 17.0. The summed E-state index contributed by atoms with van der Waals surface area (Å²) in [7, 11) is 0. The molecular formula is C26H42O3. The Balaban J connectivity index is 1.65. The van der Waals surface area contributed by atoms with Crippen LogP contribution in [0, 0.1) is 23.2 Å². The van der Waals surface area contributed by atoms with Gasteiger partial charge < -0.3 is 15.3 Å². The van der Waals surface area contributed by atoms with Crippen LogP contribution in [0.5, 0.6) is 0 Å². The van der Waals surface area contributed by atoms with Crippen LogP contribution in [0.3, 0.4) is 0 Å². The van der Waals surface area contributed by atoms with Crippen molar-refractivity contribution in [2.45, 2.75) is 103 Å². The molecule has 0 aliphatic heterocycles. The van der Waals surface area contributed by atoms with Crippen LogP contribution in [0.15, 0.2) is 35.5 Å². The molecule has 0 amide bonds. The fourth-order valence-corrected chi connectivity index (χ4v) is 6.38. The lowest BCUT2D eigenvalue weighted by atomic mass is 9.62. The van der Waals surface area contributed by atoms with Crippen LogP contribution < -0.4 is 0 Å². The molecule has 164 valence electrons. The van der Waals surface area contributed by atoms with Crippen LogP contribution in [0.25, 0.3) is 0 Å². The second kappa shape index (κ2) is 9.08. The third-order valence-corrected chi connectivity index (χ3v) is 7.89. The Bertz CT molecular complexity index is 653. The van der Waals surface area contributed by atoms with E-state index in [1.54, 1.807) is 0 Å². The monoisotopic (exact) mass is 402 g/mol. The summed E-state index contributed by atoms with van der Waals surface area (Å²) in [5.41, 5.74) is 2.32. The predicted molar refractivity (Wildman–Crippen MR) is 119 cm³/mol. The van der Waals surface area contributed by atoms with Gasteiger partial charge in [0.05, 0.1) is 17.8 Å². The molecule has 3 rings (SSSR count). The van der Waals surface area contributed by atoms with Crippen molar-refractivity contribution in [3.8, 4) is 0 Å². The van der Waals surface area contributed by atoms with E-state index < -0.39 is 17.8 Å². The van der Waals surface area contributed by atoms with Gasteiger partial charge in [-0.1, -0.05) is 51.0 Å². The molecule has 3 nitrogen and oxygen atoms in total. The zero-order valence-corrected chi connectivity index (χ0v) is 18.9. The number of rotatable bonds is 7. The van der Waals surface area contributed by atoms with E-state index in [0.717, 1.165) is 30.8 Å². The average Bonchev–Trinajstić information content (AvgIpc) is 2.95. The maximum Gasteiger partial charge on any atom is 0.0751 e. The number of allylic oxidation sites excluding steroid dienone is 4. The molecule has 0 aromatic rings. The van der Waals surface area contributed by atoms with Crippen molar-refractivity contribution in [3.05, 3.63) is 35.5 Å². The third kappa shape index (κ3) is 5.62. The zero-order chi connectivity index (χ0) is 21.2. The summed E-state index contributed by atoms with van der Waals surface area (Å²) >= 11 is 0. The molecule has 0 aromatic carbocycles. The Hall–Kier alpha value is -0.900. The van der Waals surface area contributed by atoms with Crippen molar-refractivity contribution in [2.24, 2.45) is 23.2 Å². The van der Waals surface area contributed by atoms with E-state index in [2.05, 4.69) is 32.1 Å². The van der Waals surface area contributed by atoms with Gasteiger partial charge in [-0.3, -0.25) is 0 Å². The number of aliphatic hydroxyl groups is 3. The quantitative estimate of drug-likeness (QED) is 0.540. The first-order chi connectivity index (χ1) is 13.6. The van der Waals surface area contributed by atoms with Crippen LogP contribution >= 0.6 is 0 Å². The summed E-state index contributed by atoms with van der Waals surface area (Å²) in [5.74, 6) is 2.07. The second-order valence-corrected chi connectivity index (χ2v) is 10.9. The summed E-state index contributed by atoms with van der Waals surface area (Å²) in [6, 6.07) is 0. The van der Waals surface area contributed by atoms with Crippen molar-refractivity contribution >= 4 is 0 Å². The minimum atomic E-state index is -0.553. The highest BCUT2D eigenvalue weighted by Crippen LogP contribution is 2.58. The minimum absolute atomic E-state index is 0.364. The van der Waals surface area contributed by atoms with Gasteiger partial charge in [-0.05, 0) is 86.7 Å². The average molecular weight is 403 g/mol. The van der Waals surface area contributed by atoms with E-state index in [-0.39, 0.29) is 0 Å². The van der Waals surface area contributed by atoms with Gasteiger partial charge in [0.15, 0.2) is 0 Å². The summed E-state index contributed by atoms with van der Waals surface area (Å²) in [4.78, 5) is 0. The minimum Gasteiger partial charge on any atom is -0.393 e. The molecule has 6 atom stereocenters. The smallest absolute Gasteiger partial charge is 0.0751 e. The molecule has 3 aliphatic rings. The van der Waals surface area contributed by atoms with E-state index in [1.807, 2.05) is 19.9 Å². The lowest BCUT2D eigenvalue weighted by Gasteiger charge is -2.43. The fourth-order valence-electron chi connectivity index (χ4n) is 6.38. The largest absolute Gasteiger partial charge is 0.393 e. The molecule has 3 N–H and O–H groups in total. The van der Waals surface area contributed by atoms with E-state index in [9.17, 15) is 15.3 Å². The van der Waals surface area contributed by atoms with E-state index in [0.29, 0.717) is 30.1 Å². The first-order valence-electron chi connectivity index (χ1n) is 11.8. The molecule has 2 unspecified atom stereocenters. The van der Waals surface area contributed by atoms with Crippen LogP contribution in [-0.4, -0.2) is 33.1 Å². The Morgan fingerprint density at radius 2 is 2.00 bits per heavy atom. The second-order valence-electron chi connectivity index (χ2n) is 10.9. The normalized spacial score (nSPS) is 36.7. The Kier molecular flexibility index (Phi) is 7.13. The highest BCUT2D eigenvalue weighted by molar-refractivity contribution is 5.34. The topological polar surface area (TPSA) is 60.7 Å². The van der Waals surface area contributed by atoms with Crippen LogP contribution in [0.4, 0.5) is 0 Å². The first kappa shape index (κ1) is 22.8. The molecule has 1 saturated carbocycles.